The van der Waals surface area contributed by atoms with Gasteiger partial charge < -0.3 is 10.4 Å². The Morgan fingerprint density at radius 2 is 1.89 bits per heavy atom. The maximum absolute atomic E-state index is 14.3. The molecule has 2 aromatic carbocycles. The molecule has 0 radical (unpaired) electrons. The molecule has 1 heterocycles. The van der Waals surface area contributed by atoms with Crippen LogP contribution >= 0.6 is 0 Å². The van der Waals surface area contributed by atoms with Crippen molar-refractivity contribution >= 4 is 11.9 Å². The largest absolute Gasteiger partial charge is 0.481 e. The molecule has 1 amide bonds. The maximum atomic E-state index is 14.3. The lowest BCUT2D eigenvalue weighted by molar-refractivity contribution is -0.137. The summed E-state index contributed by atoms with van der Waals surface area (Å²) in [5, 5.41) is 14.3. The fourth-order valence-corrected chi connectivity index (χ4v) is 2.85. The van der Waals surface area contributed by atoms with E-state index in [9.17, 15) is 18.8 Å². The Morgan fingerprint density at radius 1 is 1.18 bits per heavy atom. The SMILES string of the molecule is Cc1ccc(C(CC(=O)O)NC(=O)c2cc(=O)n(-c3ccccc3)[nH]2)c(F)c1. The number of para-hydroxylation sites is 1. The predicted octanol–water partition coefficient (Wildman–Crippen LogP) is 2.56. The van der Waals surface area contributed by atoms with Crippen molar-refractivity contribution in [3.8, 4) is 5.69 Å². The van der Waals surface area contributed by atoms with Crippen LogP contribution in [-0.2, 0) is 4.79 Å². The Labute approximate surface area is 159 Å². The van der Waals surface area contributed by atoms with Gasteiger partial charge in [0.2, 0.25) is 0 Å². The third-order valence-corrected chi connectivity index (χ3v) is 4.19. The summed E-state index contributed by atoms with van der Waals surface area (Å²) >= 11 is 0. The number of carboxylic acid groups (broad SMARTS) is 1. The number of aromatic amines is 1. The first-order valence-corrected chi connectivity index (χ1v) is 8.51. The van der Waals surface area contributed by atoms with E-state index in [-0.39, 0.29) is 11.3 Å². The van der Waals surface area contributed by atoms with E-state index in [2.05, 4.69) is 10.4 Å². The quantitative estimate of drug-likeness (QED) is 0.608. The Hall–Kier alpha value is -3.68. The number of rotatable bonds is 6. The summed E-state index contributed by atoms with van der Waals surface area (Å²) in [6.07, 6.45) is -0.505. The molecule has 28 heavy (non-hydrogen) atoms. The number of benzene rings is 2. The lowest BCUT2D eigenvalue weighted by atomic mass is 10.0. The first-order valence-electron chi connectivity index (χ1n) is 8.51. The molecule has 1 atom stereocenters. The van der Waals surface area contributed by atoms with Crippen LogP contribution in [0.25, 0.3) is 5.69 Å². The summed E-state index contributed by atoms with van der Waals surface area (Å²) in [6.45, 7) is 1.70. The van der Waals surface area contributed by atoms with Gasteiger partial charge in [-0.05, 0) is 30.7 Å². The fraction of sp³-hybridized carbons (Fsp3) is 0.150. The Morgan fingerprint density at radius 3 is 2.54 bits per heavy atom. The molecule has 0 spiro atoms. The smallest absolute Gasteiger partial charge is 0.305 e. The molecule has 0 aliphatic heterocycles. The molecule has 7 nitrogen and oxygen atoms in total. The molecule has 0 saturated heterocycles. The fourth-order valence-electron chi connectivity index (χ4n) is 2.85. The number of H-pyrrole nitrogens is 1. The van der Waals surface area contributed by atoms with Crippen LogP contribution in [0.15, 0.2) is 59.4 Å². The van der Waals surface area contributed by atoms with Crippen LogP contribution in [0.3, 0.4) is 0 Å². The number of hydrogen-bond donors (Lipinski definition) is 3. The Kier molecular flexibility index (Phi) is 5.39. The van der Waals surface area contributed by atoms with Crippen LogP contribution in [0, 0.1) is 12.7 Å². The van der Waals surface area contributed by atoms with Gasteiger partial charge in [0, 0.05) is 11.6 Å². The van der Waals surface area contributed by atoms with E-state index in [1.807, 2.05) is 0 Å². The van der Waals surface area contributed by atoms with E-state index in [1.165, 1.54) is 16.8 Å². The molecular weight excluding hydrogens is 365 g/mol. The molecule has 1 aromatic heterocycles. The lowest BCUT2D eigenvalue weighted by Crippen LogP contribution is -2.31. The first-order chi connectivity index (χ1) is 13.3. The van der Waals surface area contributed by atoms with Crippen molar-refractivity contribution in [2.24, 2.45) is 0 Å². The summed E-state index contributed by atoms with van der Waals surface area (Å²) in [6, 6.07) is 13.0. The van der Waals surface area contributed by atoms with E-state index in [1.54, 1.807) is 43.3 Å². The van der Waals surface area contributed by atoms with Gasteiger partial charge in [-0.15, -0.1) is 0 Å². The number of aryl methyl sites for hydroxylation is 1. The number of nitrogens with one attached hydrogen (secondary N) is 2. The molecule has 3 aromatic rings. The number of carboxylic acids is 1. The summed E-state index contributed by atoms with van der Waals surface area (Å²) in [5.74, 6) is -2.51. The molecule has 0 saturated carbocycles. The third-order valence-electron chi connectivity index (χ3n) is 4.19. The average molecular weight is 383 g/mol. The molecular formula is C20H18FN3O4. The maximum Gasteiger partial charge on any atom is 0.305 e. The number of hydrogen-bond acceptors (Lipinski definition) is 3. The lowest BCUT2D eigenvalue weighted by Gasteiger charge is -2.18. The van der Waals surface area contributed by atoms with E-state index in [4.69, 9.17) is 5.11 Å². The van der Waals surface area contributed by atoms with Crippen molar-refractivity contribution in [2.75, 3.05) is 0 Å². The van der Waals surface area contributed by atoms with Crippen LogP contribution in [0.5, 0.6) is 0 Å². The second-order valence-corrected chi connectivity index (χ2v) is 6.33. The topological polar surface area (TPSA) is 104 Å². The minimum absolute atomic E-state index is 0.0586. The van der Waals surface area contributed by atoms with E-state index in [0.717, 1.165) is 6.07 Å². The van der Waals surface area contributed by atoms with Gasteiger partial charge in [-0.1, -0.05) is 30.3 Å². The van der Waals surface area contributed by atoms with Crippen molar-refractivity contribution in [3.63, 3.8) is 0 Å². The number of halogens is 1. The normalized spacial score (nSPS) is 11.8. The van der Waals surface area contributed by atoms with Gasteiger partial charge in [-0.2, -0.15) is 0 Å². The van der Waals surface area contributed by atoms with Gasteiger partial charge >= 0.3 is 5.97 Å². The average Bonchev–Trinajstić information content (AvgIpc) is 3.03. The van der Waals surface area contributed by atoms with Crippen molar-refractivity contribution in [3.05, 3.63) is 87.6 Å². The Balaban J connectivity index is 1.88. The summed E-state index contributed by atoms with van der Waals surface area (Å²) in [4.78, 5) is 35.9. The number of carbonyl (C=O) groups is 2. The molecule has 0 fully saturated rings. The number of carbonyl (C=O) groups excluding carboxylic acids is 1. The zero-order valence-corrected chi connectivity index (χ0v) is 15.0. The highest BCUT2D eigenvalue weighted by Gasteiger charge is 2.23. The summed E-state index contributed by atoms with van der Waals surface area (Å²) < 4.78 is 15.5. The number of aromatic nitrogens is 2. The van der Waals surface area contributed by atoms with E-state index in [0.29, 0.717) is 11.3 Å². The van der Waals surface area contributed by atoms with E-state index >= 15 is 0 Å². The van der Waals surface area contributed by atoms with Gasteiger partial charge in [0.05, 0.1) is 18.2 Å². The van der Waals surface area contributed by atoms with Crippen molar-refractivity contribution in [1.29, 1.82) is 0 Å². The van der Waals surface area contributed by atoms with Gasteiger partial charge in [0.15, 0.2) is 0 Å². The summed E-state index contributed by atoms with van der Waals surface area (Å²) in [7, 11) is 0. The van der Waals surface area contributed by atoms with Crippen LogP contribution in [0.4, 0.5) is 4.39 Å². The summed E-state index contributed by atoms with van der Waals surface area (Å²) in [5.41, 5.74) is 0.764. The second kappa shape index (κ2) is 7.91. The van der Waals surface area contributed by atoms with Gasteiger partial charge in [-0.3, -0.25) is 19.5 Å². The van der Waals surface area contributed by atoms with Gasteiger partial charge in [0.1, 0.15) is 11.5 Å². The molecule has 3 rings (SSSR count). The van der Waals surface area contributed by atoms with Crippen molar-refractivity contribution in [1.82, 2.24) is 15.1 Å². The standard InChI is InChI=1S/C20H18FN3O4/c1-12-7-8-14(15(21)9-12)16(11-19(26)27)22-20(28)17-10-18(25)24(23-17)13-5-3-2-4-6-13/h2-10,16,23H,11H2,1H3,(H,22,28)(H,26,27). The van der Waals surface area contributed by atoms with Crippen LogP contribution in [0.2, 0.25) is 0 Å². The third kappa shape index (κ3) is 4.17. The molecule has 144 valence electrons. The highest BCUT2D eigenvalue weighted by Crippen LogP contribution is 2.22. The Bertz CT molecular complexity index is 1070. The minimum Gasteiger partial charge on any atom is -0.481 e. The highest BCUT2D eigenvalue weighted by molar-refractivity contribution is 5.92. The van der Waals surface area contributed by atoms with Gasteiger partial charge in [-0.25, -0.2) is 9.07 Å². The molecule has 0 bridgehead atoms. The minimum atomic E-state index is -1.19. The number of aliphatic carboxylic acids is 1. The zero-order chi connectivity index (χ0) is 20.3. The van der Waals surface area contributed by atoms with Crippen LogP contribution in [0.1, 0.15) is 34.1 Å². The zero-order valence-electron chi connectivity index (χ0n) is 15.0. The van der Waals surface area contributed by atoms with Crippen LogP contribution < -0.4 is 10.9 Å². The molecule has 1 unspecified atom stereocenters. The number of nitrogens with zero attached hydrogens (tertiary/aromatic N) is 1. The predicted molar refractivity (Wildman–Crippen MR) is 100.0 cm³/mol. The highest BCUT2D eigenvalue weighted by atomic mass is 19.1. The second-order valence-electron chi connectivity index (χ2n) is 6.33. The van der Waals surface area contributed by atoms with Crippen molar-refractivity contribution < 1.29 is 19.1 Å². The van der Waals surface area contributed by atoms with Crippen molar-refractivity contribution in [2.45, 2.75) is 19.4 Å². The monoisotopic (exact) mass is 383 g/mol. The number of amides is 1. The molecule has 0 aliphatic rings. The molecule has 3 N–H and O–H groups in total. The van der Waals surface area contributed by atoms with Gasteiger partial charge in [0.25, 0.3) is 11.5 Å². The first kappa shape index (κ1) is 19.1. The van der Waals surface area contributed by atoms with Crippen LogP contribution in [-0.4, -0.2) is 26.8 Å². The molecule has 0 aliphatic carbocycles. The molecule has 8 heteroatoms. The van der Waals surface area contributed by atoms with E-state index < -0.39 is 35.7 Å².